The number of halogens is 3. The molecule has 0 spiro atoms. The third kappa shape index (κ3) is 4.46. The summed E-state index contributed by atoms with van der Waals surface area (Å²) in [5.74, 6) is -1.35. The first-order chi connectivity index (χ1) is 19.3. The predicted molar refractivity (Wildman–Crippen MR) is 142 cm³/mol. The van der Waals surface area contributed by atoms with Crippen LogP contribution in [-0.4, -0.2) is 70.3 Å². The zero-order valence-electron chi connectivity index (χ0n) is 22.2. The minimum atomic E-state index is -0.933. The Morgan fingerprint density at radius 2 is 2.02 bits per heavy atom. The summed E-state index contributed by atoms with van der Waals surface area (Å²) in [6, 6.07) is 6.06. The molecule has 6 rings (SSSR count). The van der Waals surface area contributed by atoms with Crippen molar-refractivity contribution >= 4 is 21.7 Å². The first-order valence-corrected chi connectivity index (χ1v) is 13.3. The van der Waals surface area contributed by atoms with Gasteiger partial charge in [-0.3, -0.25) is 9.88 Å². The molecule has 2 aliphatic heterocycles. The van der Waals surface area contributed by atoms with Gasteiger partial charge in [0.1, 0.15) is 35.6 Å². The lowest BCUT2D eigenvalue weighted by molar-refractivity contribution is 0.0512. The average molecular weight is 555 g/mol. The van der Waals surface area contributed by atoms with E-state index in [0.717, 1.165) is 19.4 Å². The maximum Gasteiger partial charge on any atom is 0.320 e. The standard InChI is InChI=1S/C29H29F3N4O4/c1-3-19-22(31)6-5-16-9-18(40-15-38-2)10-20(23(16)19)25-24(32)26-21(12-33-25)27(37)35-28(34-26)39-14-29-7-4-8-36(29)13-17(30)11-29/h5-6,9-10,12,17H,3-4,7-8,11,13-15H2,1-2H3,(H,34,35,37)/t17-,29?/m1/s1. The number of rotatable bonds is 8. The van der Waals surface area contributed by atoms with Crippen LogP contribution < -0.4 is 9.47 Å². The number of aromatic hydroxyl groups is 1. The van der Waals surface area contributed by atoms with E-state index in [1.807, 2.05) is 6.92 Å². The molecule has 0 bridgehead atoms. The Balaban J connectivity index is 1.45. The number of methoxy groups -OCH3 is 1. The lowest BCUT2D eigenvalue weighted by Gasteiger charge is -2.30. The lowest BCUT2D eigenvalue weighted by Crippen LogP contribution is -2.43. The van der Waals surface area contributed by atoms with E-state index in [9.17, 15) is 13.9 Å². The lowest BCUT2D eigenvalue weighted by atomic mass is 9.94. The van der Waals surface area contributed by atoms with Crippen LogP contribution >= 0.6 is 0 Å². The third-order valence-corrected chi connectivity index (χ3v) is 7.97. The molecule has 4 aromatic rings. The quantitative estimate of drug-likeness (QED) is 0.293. The maximum absolute atomic E-state index is 16.2. The van der Waals surface area contributed by atoms with Crippen LogP contribution in [0.4, 0.5) is 13.2 Å². The molecule has 210 valence electrons. The summed E-state index contributed by atoms with van der Waals surface area (Å²) < 4.78 is 61.8. The number of aryl methyl sites for hydroxylation is 1. The van der Waals surface area contributed by atoms with Gasteiger partial charge in [0.25, 0.3) is 0 Å². The summed E-state index contributed by atoms with van der Waals surface area (Å²) in [5.41, 5.74) is -0.0439. The number of pyridine rings is 1. The van der Waals surface area contributed by atoms with Gasteiger partial charge in [-0.15, -0.1) is 0 Å². The molecule has 2 fully saturated rings. The molecule has 0 aliphatic carbocycles. The van der Waals surface area contributed by atoms with E-state index in [-0.39, 0.29) is 36.0 Å². The van der Waals surface area contributed by atoms with Gasteiger partial charge in [0.15, 0.2) is 12.6 Å². The topological polar surface area (TPSA) is 89.8 Å². The van der Waals surface area contributed by atoms with Gasteiger partial charge in [0.05, 0.1) is 10.9 Å². The normalized spacial score (nSPS) is 20.9. The third-order valence-electron chi connectivity index (χ3n) is 7.97. The summed E-state index contributed by atoms with van der Waals surface area (Å²) in [6.07, 6.45) is 2.76. The maximum atomic E-state index is 16.2. The molecule has 2 aromatic heterocycles. The van der Waals surface area contributed by atoms with Crippen LogP contribution in [0.15, 0.2) is 30.5 Å². The second kappa shape index (κ2) is 10.4. The Kier molecular flexibility index (Phi) is 6.87. The summed E-state index contributed by atoms with van der Waals surface area (Å²) in [6.45, 7) is 3.05. The summed E-state index contributed by atoms with van der Waals surface area (Å²) in [5, 5.41) is 11.7. The van der Waals surface area contributed by atoms with Crippen molar-refractivity contribution < 1.29 is 32.5 Å². The number of alkyl halides is 1. The molecule has 40 heavy (non-hydrogen) atoms. The second-order valence-electron chi connectivity index (χ2n) is 10.4. The Bertz CT molecular complexity index is 1600. The molecule has 0 amide bonds. The van der Waals surface area contributed by atoms with Crippen molar-refractivity contribution in [3.63, 3.8) is 0 Å². The number of nitrogens with zero attached hydrogens (tertiary/aromatic N) is 4. The van der Waals surface area contributed by atoms with Crippen LogP contribution in [-0.2, 0) is 11.2 Å². The fourth-order valence-electron chi connectivity index (χ4n) is 6.15. The van der Waals surface area contributed by atoms with Crippen molar-refractivity contribution in [3.8, 4) is 28.9 Å². The predicted octanol–water partition coefficient (Wildman–Crippen LogP) is 5.33. The number of fused-ring (bicyclic) bond motifs is 3. The van der Waals surface area contributed by atoms with Crippen molar-refractivity contribution in [2.75, 3.05) is 33.6 Å². The van der Waals surface area contributed by atoms with E-state index >= 15 is 4.39 Å². The van der Waals surface area contributed by atoms with Gasteiger partial charge >= 0.3 is 6.01 Å². The first-order valence-electron chi connectivity index (χ1n) is 13.3. The molecule has 2 saturated heterocycles. The molecule has 8 nitrogen and oxygen atoms in total. The minimum Gasteiger partial charge on any atom is -0.493 e. The number of benzene rings is 2. The summed E-state index contributed by atoms with van der Waals surface area (Å²) in [7, 11) is 1.48. The Morgan fingerprint density at radius 3 is 2.83 bits per heavy atom. The SMILES string of the molecule is CCc1c(F)ccc2cc(OCOC)cc(-c3ncc4c(O)nc(OCC56CCCN5C[C@H](F)C6)nc4c3F)c12. The minimum absolute atomic E-state index is 0.00284. The van der Waals surface area contributed by atoms with E-state index in [0.29, 0.717) is 47.0 Å². The Labute approximate surface area is 228 Å². The van der Waals surface area contributed by atoms with E-state index in [2.05, 4.69) is 19.9 Å². The number of aromatic nitrogens is 3. The Morgan fingerprint density at radius 1 is 1.18 bits per heavy atom. The highest BCUT2D eigenvalue weighted by molar-refractivity contribution is 6.01. The second-order valence-corrected chi connectivity index (χ2v) is 10.4. The van der Waals surface area contributed by atoms with Crippen molar-refractivity contribution in [1.29, 1.82) is 0 Å². The largest absolute Gasteiger partial charge is 0.493 e. The summed E-state index contributed by atoms with van der Waals surface area (Å²) >= 11 is 0. The average Bonchev–Trinajstić information content (AvgIpc) is 3.46. The molecule has 4 heterocycles. The smallest absolute Gasteiger partial charge is 0.320 e. The van der Waals surface area contributed by atoms with E-state index in [4.69, 9.17) is 14.2 Å². The van der Waals surface area contributed by atoms with Gasteiger partial charge in [0.2, 0.25) is 5.88 Å². The molecule has 0 saturated carbocycles. The molecule has 11 heteroatoms. The molecule has 1 N–H and O–H groups in total. The number of hydrogen-bond acceptors (Lipinski definition) is 8. The number of ether oxygens (including phenoxy) is 3. The molecule has 0 radical (unpaired) electrons. The Hall–Kier alpha value is -3.70. The van der Waals surface area contributed by atoms with Crippen LogP contribution in [0.1, 0.15) is 31.7 Å². The van der Waals surface area contributed by atoms with Crippen LogP contribution in [0, 0.1) is 11.6 Å². The fraction of sp³-hybridized carbons (Fsp3) is 0.414. The summed E-state index contributed by atoms with van der Waals surface area (Å²) in [4.78, 5) is 14.6. The van der Waals surface area contributed by atoms with E-state index in [1.165, 1.54) is 19.4 Å². The van der Waals surface area contributed by atoms with E-state index < -0.39 is 29.2 Å². The molecular formula is C29H29F3N4O4. The van der Waals surface area contributed by atoms with Crippen molar-refractivity contribution in [3.05, 3.63) is 47.7 Å². The van der Waals surface area contributed by atoms with Crippen LogP contribution in [0.25, 0.3) is 32.9 Å². The van der Waals surface area contributed by atoms with Crippen LogP contribution in [0.5, 0.6) is 17.6 Å². The molecule has 2 atom stereocenters. The molecule has 2 aliphatic rings. The highest BCUT2D eigenvalue weighted by Gasteiger charge is 2.49. The highest BCUT2D eigenvalue weighted by Crippen LogP contribution is 2.41. The number of hydrogen-bond donors (Lipinski definition) is 1. The van der Waals surface area contributed by atoms with Crippen molar-refractivity contribution in [2.24, 2.45) is 0 Å². The zero-order chi connectivity index (χ0) is 28.0. The van der Waals surface area contributed by atoms with Gasteiger partial charge in [0, 0.05) is 31.8 Å². The zero-order valence-corrected chi connectivity index (χ0v) is 22.2. The van der Waals surface area contributed by atoms with Gasteiger partial charge in [-0.05, 0) is 60.3 Å². The van der Waals surface area contributed by atoms with Gasteiger partial charge < -0.3 is 19.3 Å². The highest BCUT2D eigenvalue weighted by atomic mass is 19.1. The fourth-order valence-corrected chi connectivity index (χ4v) is 6.15. The van der Waals surface area contributed by atoms with Crippen molar-refractivity contribution in [1.82, 2.24) is 19.9 Å². The first kappa shape index (κ1) is 26.5. The molecule has 2 aromatic carbocycles. The molecular weight excluding hydrogens is 525 g/mol. The van der Waals surface area contributed by atoms with E-state index in [1.54, 1.807) is 18.2 Å². The van der Waals surface area contributed by atoms with Gasteiger partial charge in [-0.25, -0.2) is 13.2 Å². The van der Waals surface area contributed by atoms with Gasteiger partial charge in [-0.2, -0.15) is 9.97 Å². The van der Waals surface area contributed by atoms with Crippen LogP contribution in [0.2, 0.25) is 0 Å². The van der Waals surface area contributed by atoms with Crippen molar-refractivity contribution in [2.45, 2.75) is 44.3 Å². The monoisotopic (exact) mass is 554 g/mol. The van der Waals surface area contributed by atoms with Crippen LogP contribution in [0.3, 0.4) is 0 Å². The van der Waals surface area contributed by atoms with Gasteiger partial charge in [-0.1, -0.05) is 13.0 Å². The molecule has 1 unspecified atom stereocenters.